The van der Waals surface area contributed by atoms with E-state index in [1.165, 1.54) is 23.2 Å². The minimum Gasteiger partial charge on any atom is -0.305 e. The highest BCUT2D eigenvalue weighted by Gasteiger charge is 2.20. The van der Waals surface area contributed by atoms with E-state index in [0.29, 0.717) is 5.69 Å². The van der Waals surface area contributed by atoms with Crippen molar-refractivity contribution < 1.29 is 13.3 Å². The van der Waals surface area contributed by atoms with Crippen LogP contribution in [0.4, 0.5) is 5.69 Å². The number of nitro benzene ring substituents is 1. The van der Waals surface area contributed by atoms with Gasteiger partial charge in [-0.05, 0) is 13.0 Å². The second kappa shape index (κ2) is 5.80. The number of sulfonamides is 1. The number of imidazole rings is 1. The highest BCUT2D eigenvalue weighted by atomic mass is 32.2. The Balaban J connectivity index is 2.39. The highest BCUT2D eigenvalue weighted by Crippen LogP contribution is 2.26. The lowest BCUT2D eigenvalue weighted by molar-refractivity contribution is -0.384. The first-order chi connectivity index (χ1) is 12.1. The van der Waals surface area contributed by atoms with Gasteiger partial charge in [-0.1, -0.05) is 0 Å². The van der Waals surface area contributed by atoms with Crippen molar-refractivity contribution in [1.82, 2.24) is 19.2 Å². The summed E-state index contributed by atoms with van der Waals surface area (Å²) in [5.41, 5.74) is -1.87. The first-order valence-corrected chi connectivity index (χ1v) is 8.92. The van der Waals surface area contributed by atoms with E-state index in [0.717, 1.165) is 12.3 Å². The molecule has 0 saturated carbocycles. The van der Waals surface area contributed by atoms with Gasteiger partial charge in [-0.2, -0.15) is 4.68 Å². The van der Waals surface area contributed by atoms with Crippen LogP contribution >= 0.6 is 0 Å². The molecular weight excluding hydrogens is 368 g/mol. The molecule has 2 aromatic heterocycles. The van der Waals surface area contributed by atoms with Gasteiger partial charge in [0.1, 0.15) is 5.69 Å². The molecule has 0 amide bonds. The number of nitrogens with zero attached hydrogens (tertiary/aromatic N) is 4. The maximum absolute atomic E-state index is 12.5. The quantitative estimate of drug-likeness (QED) is 0.459. The molecule has 12 nitrogen and oxygen atoms in total. The van der Waals surface area contributed by atoms with Crippen molar-refractivity contribution in [3.05, 3.63) is 61.3 Å². The zero-order chi connectivity index (χ0) is 19.2. The second-order valence-corrected chi connectivity index (χ2v) is 7.23. The lowest BCUT2D eigenvalue weighted by Gasteiger charge is -2.09. The molecular formula is C13H12N6O6S. The van der Waals surface area contributed by atoms with Gasteiger partial charge in [0, 0.05) is 12.3 Å². The van der Waals surface area contributed by atoms with E-state index in [4.69, 9.17) is 0 Å². The summed E-state index contributed by atoms with van der Waals surface area (Å²) < 4.78 is 24.3. The predicted molar refractivity (Wildman–Crippen MR) is 91.5 cm³/mol. The van der Waals surface area contributed by atoms with Crippen LogP contribution in [0.2, 0.25) is 0 Å². The van der Waals surface area contributed by atoms with Crippen molar-refractivity contribution in [3.63, 3.8) is 0 Å². The van der Waals surface area contributed by atoms with E-state index in [9.17, 15) is 28.1 Å². The van der Waals surface area contributed by atoms with Crippen molar-refractivity contribution in [2.24, 2.45) is 0 Å². The fourth-order valence-corrected chi connectivity index (χ4v) is 2.89. The van der Waals surface area contributed by atoms with Crippen molar-refractivity contribution in [2.45, 2.75) is 6.92 Å². The van der Waals surface area contributed by atoms with Crippen molar-refractivity contribution in [3.8, 4) is 5.69 Å². The van der Waals surface area contributed by atoms with Crippen molar-refractivity contribution >= 4 is 26.6 Å². The number of aromatic nitrogens is 4. The first-order valence-electron chi connectivity index (χ1n) is 7.03. The Morgan fingerprint density at radius 1 is 1.31 bits per heavy atom. The number of fused-ring (bicyclic) bond motifs is 1. The zero-order valence-electron chi connectivity index (χ0n) is 13.5. The molecule has 0 aliphatic carbocycles. The van der Waals surface area contributed by atoms with Gasteiger partial charge in [0.15, 0.2) is 0 Å². The number of H-pyrrole nitrogens is 1. The molecule has 1 aromatic carbocycles. The number of aryl methyl sites for hydroxylation is 1. The Labute approximate surface area is 144 Å². The normalized spacial score (nSPS) is 11.6. The van der Waals surface area contributed by atoms with Gasteiger partial charge in [-0.15, -0.1) is 0 Å². The summed E-state index contributed by atoms with van der Waals surface area (Å²) in [6.07, 6.45) is 3.63. The monoisotopic (exact) mass is 380 g/mol. The van der Waals surface area contributed by atoms with Crippen LogP contribution in [-0.2, 0) is 10.0 Å². The number of rotatable bonds is 4. The molecule has 0 bridgehead atoms. The average molecular weight is 380 g/mol. The van der Waals surface area contributed by atoms with Crippen molar-refractivity contribution in [1.29, 1.82) is 0 Å². The van der Waals surface area contributed by atoms with Crippen LogP contribution in [0, 0.1) is 17.0 Å². The maximum Gasteiger partial charge on any atom is 0.348 e. The van der Waals surface area contributed by atoms with Gasteiger partial charge >= 0.3 is 5.69 Å². The lowest BCUT2D eigenvalue weighted by atomic mass is 10.2. The van der Waals surface area contributed by atoms with Crippen molar-refractivity contribution in [2.75, 3.05) is 11.1 Å². The van der Waals surface area contributed by atoms with Gasteiger partial charge in [0.05, 0.1) is 34.1 Å². The molecule has 26 heavy (non-hydrogen) atoms. The molecule has 0 aliphatic rings. The van der Waals surface area contributed by atoms with Crippen LogP contribution in [0.15, 0.2) is 34.2 Å². The maximum atomic E-state index is 12.5. The standard InChI is InChI=1S/C13H12N6O6S/c1-7-5-17(6-14-7)10-3-8-9(4-11(10)19(22)23)15-13(21)18(12(8)20)16-26(2,24)25/h3-6,16H,1-2H3,(H,15,21). The minimum atomic E-state index is -3.90. The summed E-state index contributed by atoms with van der Waals surface area (Å²) in [6.45, 7) is 1.68. The van der Waals surface area contributed by atoms with E-state index < -0.39 is 26.2 Å². The summed E-state index contributed by atoms with van der Waals surface area (Å²) in [4.78, 5) is 43.2. The number of hydrogen-bond donors (Lipinski definition) is 2. The lowest BCUT2D eigenvalue weighted by Crippen LogP contribution is -2.43. The molecule has 0 radical (unpaired) electrons. The smallest absolute Gasteiger partial charge is 0.305 e. The number of hydrogen-bond acceptors (Lipinski definition) is 7. The summed E-state index contributed by atoms with van der Waals surface area (Å²) in [5.74, 6) is 0. The SMILES string of the molecule is Cc1cn(-c2cc3c(=O)n(NS(C)(=O)=O)c(=O)[nH]c3cc2[N+](=O)[O-])cn1. The average Bonchev–Trinajstić information content (AvgIpc) is 2.96. The predicted octanol–water partition coefficient (Wildman–Crippen LogP) is -0.405. The summed E-state index contributed by atoms with van der Waals surface area (Å²) in [5, 5.41) is 11.3. The largest absolute Gasteiger partial charge is 0.348 e. The van der Waals surface area contributed by atoms with E-state index in [1.54, 1.807) is 11.8 Å². The number of aromatic amines is 1. The van der Waals surface area contributed by atoms with Gasteiger partial charge in [-0.3, -0.25) is 19.5 Å². The van der Waals surface area contributed by atoms with Crippen LogP contribution < -0.4 is 16.1 Å². The molecule has 0 aliphatic heterocycles. The fourth-order valence-electron chi connectivity index (χ4n) is 2.40. The third-order valence-electron chi connectivity index (χ3n) is 3.44. The minimum absolute atomic E-state index is 0.0400. The molecule has 0 atom stereocenters. The first kappa shape index (κ1) is 17.3. The Hall–Kier alpha value is -3.48. The molecule has 3 rings (SSSR count). The second-order valence-electron chi connectivity index (χ2n) is 5.50. The Morgan fingerprint density at radius 3 is 2.54 bits per heavy atom. The van der Waals surface area contributed by atoms with Gasteiger partial charge in [0.25, 0.3) is 11.2 Å². The molecule has 0 saturated heterocycles. The van der Waals surface area contributed by atoms with Gasteiger partial charge < -0.3 is 4.98 Å². The molecule has 3 aromatic rings. The molecule has 2 N–H and O–H groups in total. The molecule has 0 fully saturated rings. The van der Waals surface area contributed by atoms with Crippen LogP contribution in [0.1, 0.15) is 5.69 Å². The number of nitrogens with one attached hydrogen (secondary N) is 2. The highest BCUT2D eigenvalue weighted by molar-refractivity contribution is 7.91. The molecule has 13 heteroatoms. The molecule has 2 heterocycles. The van der Waals surface area contributed by atoms with Crippen LogP contribution in [0.5, 0.6) is 0 Å². The topological polar surface area (TPSA) is 162 Å². The van der Waals surface area contributed by atoms with Crippen LogP contribution in [0.3, 0.4) is 0 Å². The zero-order valence-corrected chi connectivity index (χ0v) is 14.3. The van der Waals surface area contributed by atoms with E-state index >= 15 is 0 Å². The van der Waals surface area contributed by atoms with Crippen LogP contribution in [-0.4, -0.2) is 38.8 Å². The third kappa shape index (κ3) is 3.06. The summed E-state index contributed by atoms with van der Waals surface area (Å²) in [7, 11) is -3.90. The van der Waals surface area contributed by atoms with Gasteiger partial charge in [0.2, 0.25) is 10.0 Å². The van der Waals surface area contributed by atoms with Crippen LogP contribution in [0.25, 0.3) is 16.6 Å². The van der Waals surface area contributed by atoms with E-state index in [-0.39, 0.29) is 27.0 Å². The molecule has 0 unspecified atom stereocenters. The molecule has 136 valence electrons. The number of benzene rings is 1. The Kier molecular flexibility index (Phi) is 3.87. The Bertz CT molecular complexity index is 1270. The Morgan fingerprint density at radius 2 is 2.00 bits per heavy atom. The molecule has 0 spiro atoms. The van der Waals surface area contributed by atoms with Gasteiger partial charge in [-0.25, -0.2) is 23.0 Å². The van der Waals surface area contributed by atoms with E-state index in [1.807, 2.05) is 0 Å². The summed E-state index contributed by atoms with van der Waals surface area (Å²) >= 11 is 0. The fraction of sp³-hybridized carbons (Fsp3) is 0.154. The third-order valence-corrected chi connectivity index (χ3v) is 3.95. The van der Waals surface area contributed by atoms with E-state index in [2.05, 4.69) is 9.97 Å². The summed E-state index contributed by atoms with van der Waals surface area (Å²) in [6, 6.07) is 2.22. The number of nitro groups is 1.